The van der Waals surface area contributed by atoms with E-state index in [1.165, 1.54) is 0 Å². The highest BCUT2D eigenvalue weighted by Crippen LogP contribution is 2.25. The molecule has 0 amide bonds. The van der Waals surface area contributed by atoms with Crippen LogP contribution in [0.25, 0.3) is 0 Å². The van der Waals surface area contributed by atoms with E-state index >= 15 is 0 Å². The average molecular weight is 260 g/mol. The molecule has 0 saturated heterocycles. The molecule has 0 fully saturated rings. The number of nitrogens with zero attached hydrogens (tertiary/aromatic N) is 4. The summed E-state index contributed by atoms with van der Waals surface area (Å²) in [5, 5.41) is 13.0. The van der Waals surface area contributed by atoms with Gasteiger partial charge in [0, 0.05) is 19.5 Å². The molecule has 1 aromatic rings. The zero-order chi connectivity index (χ0) is 12.7. The van der Waals surface area contributed by atoms with Crippen molar-refractivity contribution in [3.8, 4) is 0 Å². The molecule has 6 nitrogen and oxygen atoms in total. The minimum Gasteiger partial charge on any atom is -0.354 e. The van der Waals surface area contributed by atoms with Crippen LogP contribution in [0.4, 0.5) is 0 Å². The summed E-state index contributed by atoms with van der Waals surface area (Å²) >= 11 is 1.70. The van der Waals surface area contributed by atoms with E-state index in [1.807, 2.05) is 0 Å². The highest BCUT2D eigenvalue weighted by Gasteiger charge is 2.15. The maximum atomic E-state index is 5.14. The molecule has 0 N–H and O–H groups in total. The van der Waals surface area contributed by atoms with Crippen molar-refractivity contribution in [1.82, 2.24) is 20.2 Å². The molecule has 0 saturated carbocycles. The number of aromatic nitrogens is 4. The average Bonchev–Trinajstić information content (AvgIpc) is 2.80. The standard InChI is InChI=1S/C10H20N4O2S/c1-5-8(6-2)17-10-11-12-13-14(10)7-9(15-3)16-4/h8-9H,5-7H2,1-4H3. The second-order valence-electron chi connectivity index (χ2n) is 3.60. The maximum absolute atomic E-state index is 5.14. The van der Waals surface area contributed by atoms with Crippen LogP contribution in [0.3, 0.4) is 0 Å². The molecule has 0 spiro atoms. The Hall–Kier alpha value is -0.660. The Balaban J connectivity index is 2.64. The molecular weight excluding hydrogens is 240 g/mol. The van der Waals surface area contributed by atoms with Gasteiger partial charge in [-0.3, -0.25) is 0 Å². The van der Waals surface area contributed by atoms with Crippen LogP contribution >= 0.6 is 11.8 Å². The smallest absolute Gasteiger partial charge is 0.209 e. The molecule has 1 heterocycles. The normalized spacial score (nSPS) is 11.6. The highest BCUT2D eigenvalue weighted by atomic mass is 32.2. The van der Waals surface area contributed by atoms with E-state index in [-0.39, 0.29) is 6.29 Å². The Morgan fingerprint density at radius 1 is 1.24 bits per heavy atom. The van der Waals surface area contributed by atoms with E-state index in [0.717, 1.165) is 18.0 Å². The number of ether oxygens (including phenoxy) is 2. The van der Waals surface area contributed by atoms with Crippen LogP contribution in [0.1, 0.15) is 26.7 Å². The predicted molar refractivity (Wildman–Crippen MR) is 65.9 cm³/mol. The van der Waals surface area contributed by atoms with Gasteiger partial charge in [-0.25, -0.2) is 4.68 Å². The fraction of sp³-hybridized carbons (Fsp3) is 0.900. The molecule has 7 heteroatoms. The zero-order valence-electron chi connectivity index (χ0n) is 10.8. The third kappa shape index (κ3) is 4.25. The van der Waals surface area contributed by atoms with Crippen molar-refractivity contribution in [3.63, 3.8) is 0 Å². The van der Waals surface area contributed by atoms with Crippen molar-refractivity contribution < 1.29 is 9.47 Å². The third-order valence-corrected chi connectivity index (χ3v) is 4.03. The summed E-state index contributed by atoms with van der Waals surface area (Å²) in [6, 6.07) is 0. The second-order valence-corrected chi connectivity index (χ2v) is 4.87. The van der Waals surface area contributed by atoms with Crippen LogP contribution < -0.4 is 0 Å². The molecule has 1 aromatic heterocycles. The summed E-state index contributed by atoms with van der Waals surface area (Å²) < 4.78 is 12.0. The van der Waals surface area contributed by atoms with E-state index < -0.39 is 0 Å². The predicted octanol–water partition coefficient (Wildman–Crippen LogP) is 1.57. The molecule has 0 aliphatic heterocycles. The van der Waals surface area contributed by atoms with E-state index in [9.17, 15) is 0 Å². The third-order valence-electron chi connectivity index (χ3n) is 2.53. The Morgan fingerprint density at radius 3 is 2.41 bits per heavy atom. The molecule has 0 aromatic carbocycles. The molecule has 98 valence electrons. The van der Waals surface area contributed by atoms with Crippen LogP contribution in [0.2, 0.25) is 0 Å². The summed E-state index contributed by atoms with van der Waals surface area (Å²) in [6.07, 6.45) is 1.89. The van der Waals surface area contributed by atoms with Crippen LogP contribution in [-0.4, -0.2) is 46.0 Å². The molecule has 17 heavy (non-hydrogen) atoms. The molecule has 0 radical (unpaired) electrons. The molecule has 0 bridgehead atoms. The lowest BCUT2D eigenvalue weighted by atomic mass is 10.3. The van der Waals surface area contributed by atoms with Gasteiger partial charge < -0.3 is 9.47 Å². The molecule has 1 rings (SSSR count). The Kier molecular flexibility index (Phi) is 6.46. The van der Waals surface area contributed by atoms with Gasteiger partial charge >= 0.3 is 0 Å². The Morgan fingerprint density at radius 2 is 1.88 bits per heavy atom. The SMILES string of the molecule is CCC(CC)Sc1nnnn1CC(OC)OC. The molecule has 0 atom stereocenters. The zero-order valence-corrected chi connectivity index (χ0v) is 11.6. The highest BCUT2D eigenvalue weighted by molar-refractivity contribution is 7.99. The monoisotopic (exact) mass is 260 g/mol. The minimum atomic E-state index is -0.320. The lowest BCUT2D eigenvalue weighted by Crippen LogP contribution is -2.22. The van der Waals surface area contributed by atoms with Gasteiger partial charge in [0.2, 0.25) is 5.16 Å². The molecule has 0 unspecified atom stereocenters. The van der Waals surface area contributed by atoms with Crippen LogP contribution in [0.5, 0.6) is 0 Å². The van der Waals surface area contributed by atoms with Gasteiger partial charge in [0.1, 0.15) is 0 Å². The summed E-state index contributed by atoms with van der Waals surface area (Å²) in [4.78, 5) is 0. The largest absolute Gasteiger partial charge is 0.354 e. The first-order valence-electron chi connectivity index (χ1n) is 5.73. The summed E-state index contributed by atoms with van der Waals surface area (Å²) in [6.45, 7) is 4.84. The van der Waals surface area contributed by atoms with Crippen LogP contribution in [-0.2, 0) is 16.0 Å². The lowest BCUT2D eigenvalue weighted by Gasteiger charge is -2.15. The van der Waals surface area contributed by atoms with Crippen molar-refractivity contribution in [2.45, 2.75) is 49.9 Å². The van der Waals surface area contributed by atoms with E-state index in [1.54, 1.807) is 30.7 Å². The van der Waals surface area contributed by atoms with Crippen molar-refractivity contribution in [2.24, 2.45) is 0 Å². The summed E-state index contributed by atoms with van der Waals surface area (Å²) in [5.74, 6) is 0. The molecule has 0 aliphatic carbocycles. The first-order chi connectivity index (χ1) is 8.24. The van der Waals surface area contributed by atoms with Crippen molar-refractivity contribution in [3.05, 3.63) is 0 Å². The van der Waals surface area contributed by atoms with Gasteiger partial charge in [-0.15, -0.1) is 5.10 Å². The fourth-order valence-electron chi connectivity index (χ4n) is 1.39. The van der Waals surface area contributed by atoms with Crippen molar-refractivity contribution in [1.29, 1.82) is 0 Å². The Labute approximate surface area is 106 Å². The number of rotatable bonds is 8. The maximum Gasteiger partial charge on any atom is 0.209 e. The van der Waals surface area contributed by atoms with Crippen molar-refractivity contribution >= 4 is 11.8 Å². The Bertz CT molecular complexity index is 285. The quantitative estimate of drug-likeness (QED) is 0.522. The van der Waals surface area contributed by atoms with Gasteiger partial charge in [-0.1, -0.05) is 25.6 Å². The van der Waals surface area contributed by atoms with E-state index in [2.05, 4.69) is 29.4 Å². The first kappa shape index (κ1) is 14.4. The van der Waals surface area contributed by atoms with Gasteiger partial charge in [0.15, 0.2) is 6.29 Å². The number of methoxy groups -OCH3 is 2. The minimum absolute atomic E-state index is 0.320. The van der Waals surface area contributed by atoms with E-state index in [0.29, 0.717) is 11.8 Å². The number of hydrogen-bond donors (Lipinski definition) is 0. The fourth-order valence-corrected chi connectivity index (χ4v) is 2.33. The second kappa shape index (κ2) is 7.62. The summed E-state index contributed by atoms with van der Waals surface area (Å²) in [7, 11) is 3.21. The van der Waals surface area contributed by atoms with Gasteiger partial charge in [-0.05, 0) is 23.3 Å². The van der Waals surface area contributed by atoms with Gasteiger partial charge in [-0.2, -0.15) is 0 Å². The van der Waals surface area contributed by atoms with Gasteiger partial charge in [0.25, 0.3) is 0 Å². The number of thioether (sulfide) groups is 1. The molecular formula is C10H20N4O2S. The van der Waals surface area contributed by atoms with Crippen molar-refractivity contribution in [2.75, 3.05) is 14.2 Å². The first-order valence-corrected chi connectivity index (χ1v) is 6.61. The van der Waals surface area contributed by atoms with E-state index in [4.69, 9.17) is 9.47 Å². The number of tetrazole rings is 1. The van der Waals surface area contributed by atoms with Gasteiger partial charge in [0.05, 0.1) is 6.54 Å². The van der Waals surface area contributed by atoms with Crippen LogP contribution in [0, 0.1) is 0 Å². The summed E-state index contributed by atoms with van der Waals surface area (Å²) in [5.41, 5.74) is 0. The lowest BCUT2D eigenvalue weighted by molar-refractivity contribution is -0.113. The molecule has 0 aliphatic rings. The topological polar surface area (TPSA) is 62.1 Å². The van der Waals surface area contributed by atoms with Crippen LogP contribution in [0.15, 0.2) is 5.16 Å². The number of hydrogen-bond acceptors (Lipinski definition) is 6.